The average Bonchev–Trinajstić information content (AvgIpc) is 3.05. The number of anilines is 1. The molecule has 0 aliphatic carbocycles. The van der Waals surface area contributed by atoms with Gasteiger partial charge in [0.1, 0.15) is 23.7 Å². The van der Waals surface area contributed by atoms with E-state index in [0.717, 1.165) is 42.9 Å². The normalized spacial score (nSPS) is 15.3. The fraction of sp³-hybridized carbons (Fsp3) is 0.300. The predicted octanol–water partition coefficient (Wildman–Crippen LogP) is 3.49. The average molecular weight is 332 g/mol. The molecular weight excluding hydrogens is 312 g/mol. The minimum absolute atomic E-state index is 0.191. The maximum absolute atomic E-state index is 9.26. The molecule has 0 unspecified atom stereocenters. The minimum Gasteiger partial charge on any atom is -0.490 e. The molecule has 5 nitrogen and oxygen atoms in total. The molecule has 0 spiro atoms. The van der Waals surface area contributed by atoms with Gasteiger partial charge in [-0.25, -0.2) is 4.98 Å². The number of aryl methyl sites for hydroxylation is 1. The second-order valence-corrected chi connectivity index (χ2v) is 6.41. The van der Waals surface area contributed by atoms with Crippen LogP contribution < -0.4 is 9.64 Å². The Morgan fingerprint density at radius 2 is 2.00 bits per heavy atom. The molecule has 1 aliphatic rings. The summed E-state index contributed by atoms with van der Waals surface area (Å²) in [6.07, 6.45) is 5.84. The number of fused-ring (bicyclic) bond motifs is 1. The summed E-state index contributed by atoms with van der Waals surface area (Å²) in [6.45, 7) is 1.70. The van der Waals surface area contributed by atoms with Gasteiger partial charge in [-0.1, -0.05) is 6.07 Å². The molecule has 0 bridgehead atoms. The molecule has 0 amide bonds. The number of ether oxygens (including phenoxy) is 1. The summed E-state index contributed by atoms with van der Waals surface area (Å²) < 4.78 is 8.40. The number of piperidine rings is 1. The van der Waals surface area contributed by atoms with E-state index in [2.05, 4.69) is 38.8 Å². The molecule has 25 heavy (non-hydrogen) atoms. The van der Waals surface area contributed by atoms with Gasteiger partial charge in [-0.05, 0) is 30.3 Å². The van der Waals surface area contributed by atoms with Crippen LogP contribution in [0.4, 0.5) is 5.82 Å². The van der Waals surface area contributed by atoms with Crippen LogP contribution in [0.5, 0.6) is 5.75 Å². The van der Waals surface area contributed by atoms with E-state index >= 15 is 0 Å². The van der Waals surface area contributed by atoms with Gasteiger partial charge in [0.25, 0.3) is 0 Å². The molecule has 1 aliphatic heterocycles. The number of aromatic nitrogens is 2. The van der Waals surface area contributed by atoms with E-state index in [4.69, 9.17) is 4.74 Å². The van der Waals surface area contributed by atoms with Crippen molar-refractivity contribution in [3.8, 4) is 11.8 Å². The van der Waals surface area contributed by atoms with E-state index in [0.29, 0.717) is 5.56 Å². The van der Waals surface area contributed by atoms with E-state index in [1.165, 1.54) is 5.52 Å². The van der Waals surface area contributed by atoms with Gasteiger partial charge in [0.05, 0.1) is 11.1 Å². The molecule has 3 aromatic rings. The number of nitrogens with zero attached hydrogens (tertiary/aromatic N) is 4. The number of rotatable bonds is 3. The van der Waals surface area contributed by atoms with Crippen LogP contribution in [0.1, 0.15) is 18.4 Å². The van der Waals surface area contributed by atoms with Gasteiger partial charge in [-0.3, -0.25) is 0 Å². The van der Waals surface area contributed by atoms with Crippen molar-refractivity contribution < 1.29 is 4.74 Å². The first-order valence-corrected chi connectivity index (χ1v) is 8.57. The lowest BCUT2D eigenvalue weighted by atomic mass is 10.1. The summed E-state index contributed by atoms with van der Waals surface area (Å²) in [5, 5.41) is 10.4. The van der Waals surface area contributed by atoms with Gasteiger partial charge >= 0.3 is 0 Å². The molecule has 126 valence electrons. The highest BCUT2D eigenvalue weighted by atomic mass is 16.5. The van der Waals surface area contributed by atoms with Crippen LogP contribution in [0.2, 0.25) is 0 Å². The first-order valence-electron chi connectivity index (χ1n) is 8.57. The zero-order valence-electron chi connectivity index (χ0n) is 14.2. The lowest BCUT2D eigenvalue weighted by Crippen LogP contribution is -2.39. The molecule has 0 atom stereocenters. The second kappa shape index (κ2) is 6.48. The van der Waals surface area contributed by atoms with Crippen LogP contribution in [0.25, 0.3) is 10.9 Å². The molecule has 4 rings (SSSR count). The van der Waals surface area contributed by atoms with Gasteiger partial charge in [-0.2, -0.15) is 5.26 Å². The Morgan fingerprint density at radius 1 is 1.16 bits per heavy atom. The standard InChI is InChI=1S/C20H20N4O/c1-23-11-9-17-18(23)5-2-6-19(17)25-16-7-12-24(13-8-16)20-15(14-21)4-3-10-22-20/h2-6,9-11,16H,7-8,12-13H2,1H3. The molecule has 0 N–H and O–H groups in total. The van der Waals surface area contributed by atoms with Crippen molar-refractivity contribution >= 4 is 16.7 Å². The largest absolute Gasteiger partial charge is 0.490 e. The third kappa shape index (κ3) is 2.91. The van der Waals surface area contributed by atoms with Gasteiger partial charge in [0, 0.05) is 50.8 Å². The molecule has 0 radical (unpaired) electrons. The van der Waals surface area contributed by atoms with Crippen molar-refractivity contribution in [3.05, 3.63) is 54.4 Å². The van der Waals surface area contributed by atoms with Crippen molar-refractivity contribution in [3.63, 3.8) is 0 Å². The lowest BCUT2D eigenvalue weighted by Gasteiger charge is -2.33. The third-order valence-electron chi connectivity index (χ3n) is 4.83. The summed E-state index contributed by atoms with van der Waals surface area (Å²) in [5.74, 6) is 1.74. The number of nitriles is 1. The van der Waals surface area contributed by atoms with Crippen LogP contribution in [0.15, 0.2) is 48.8 Å². The Kier molecular flexibility index (Phi) is 4.02. The van der Waals surface area contributed by atoms with Crippen LogP contribution in [0, 0.1) is 11.3 Å². The number of pyridine rings is 1. The SMILES string of the molecule is Cn1ccc2c(OC3CCN(c4ncccc4C#N)CC3)cccc21. The van der Waals surface area contributed by atoms with Crippen LogP contribution in [-0.4, -0.2) is 28.7 Å². The summed E-state index contributed by atoms with van der Waals surface area (Å²) in [5.41, 5.74) is 1.82. The molecule has 2 aromatic heterocycles. The molecule has 1 fully saturated rings. The number of hydrogen-bond acceptors (Lipinski definition) is 4. The van der Waals surface area contributed by atoms with Gasteiger partial charge in [-0.15, -0.1) is 0 Å². The Bertz CT molecular complexity index is 932. The van der Waals surface area contributed by atoms with E-state index in [9.17, 15) is 5.26 Å². The first-order chi connectivity index (χ1) is 12.3. The maximum Gasteiger partial charge on any atom is 0.146 e. The molecule has 5 heteroatoms. The zero-order chi connectivity index (χ0) is 17.2. The maximum atomic E-state index is 9.26. The van der Waals surface area contributed by atoms with Crippen molar-refractivity contribution in [2.24, 2.45) is 7.05 Å². The molecule has 1 saturated heterocycles. The smallest absolute Gasteiger partial charge is 0.146 e. The van der Waals surface area contributed by atoms with Crippen molar-refractivity contribution in [1.82, 2.24) is 9.55 Å². The Morgan fingerprint density at radius 3 is 2.80 bits per heavy atom. The van der Waals surface area contributed by atoms with Gasteiger partial charge in [0.2, 0.25) is 0 Å². The van der Waals surface area contributed by atoms with E-state index in [1.807, 2.05) is 25.2 Å². The topological polar surface area (TPSA) is 54.1 Å². The third-order valence-corrected chi connectivity index (χ3v) is 4.83. The predicted molar refractivity (Wildman–Crippen MR) is 97.7 cm³/mol. The van der Waals surface area contributed by atoms with E-state index in [-0.39, 0.29) is 6.10 Å². The Hall–Kier alpha value is -3.00. The van der Waals surface area contributed by atoms with Crippen molar-refractivity contribution in [2.75, 3.05) is 18.0 Å². The molecule has 1 aromatic carbocycles. The number of hydrogen-bond donors (Lipinski definition) is 0. The summed E-state index contributed by atoms with van der Waals surface area (Å²) in [6, 6.07) is 14.1. The minimum atomic E-state index is 0.191. The summed E-state index contributed by atoms with van der Waals surface area (Å²) in [7, 11) is 2.05. The summed E-state index contributed by atoms with van der Waals surface area (Å²) in [4.78, 5) is 6.57. The van der Waals surface area contributed by atoms with Crippen LogP contribution >= 0.6 is 0 Å². The van der Waals surface area contributed by atoms with Crippen molar-refractivity contribution in [2.45, 2.75) is 18.9 Å². The molecule has 3 heterocycles. The highest BCUT2D eigenvalue weighted by molar-refractivity contribution is 5.86. The van der Waals surface area contributed by atoms with Crippen LogP contribution in [0.3, 0.4) is 0 Å². The monoisotopic (exact) mass is 332 g/mol. The Balaban J connectivity index is 1.46. The highest BCUT2D eigenvalue weighted by Crippen LogP contribution is 2.29. The first kappa shape index (κ1) is 15.5. The van der Waals surface area contributed by atoms with Crippen molar-refractivity contribution in [1.29, 1.82) is 5.26 Å². The molecule has 0 saturated carbocycles. The van der Waals surface area contributed by atoms with Gasteiger partial charge in [0.15, 0.2) is 0 Å². The van der Waals surface area contributed by atoms with Crippen LogP contribution in [-0.2, 0) is 7.05 Å². The zero-order valence-corrected chi connectivity index (χ0v) is 14.2. The summed E-state index contributed by atoms with van der Waals surface area (Å²) >= 11 is 0. The van der Waals surface area contributed by atoms with E-state index in [1.54, 1.807) is 12.3 Å². The lowest BCUT2D eigenvalue weighted by molar-refractivity contribution is 0.173. The highest BCUT2D eigenvalue weighted by Gasteiger charge is 2.23. The molecular formula is C20H20N4O. The van der Waals surface area contributed by atoms with E-state index < -0.39 is 0 Å². The fourth-order valence-electron chi connectivity index (χ4n) is 3.48. The fourth-order valence-corrected chi connectivity index (χ4v) is 3.48. The number of benzene rings is 1. The second-order valence-electron chi connectivity index (χ2n) is 6.41. The van der Waals surface area contributed by atoms with Gasteiger partial charge < -0.3 is 14.2 Å². The Labute approximate surface area is 147 Å². The quantitative estimate of drug-likeness (QED) is 0.737.